The van der Waals surface area contributed by atoms with Crippen LogP contribution in [0.15, 0.2) is 91.0 Å². The molecule has 2 atom stereocenters. The van der Waals surface area contributed by atoms with E-state index in [4.69, 9.17) is 4.43 Å². The van der Waals surface area contributed by atoms with Gasteiger partial charge in [0.15, 0.2) is 0 Å². The smallest absolute Gasteiger partial charge is 0.257 e. The second-order valence-corrected chi connectivity index (χ2v) is 10.7. The summed E-state index contributed by atoms with van der Waals surface area (Å²) in [5, 5.41) is 2.74. The van der Waals surface area contributed by atoms with Gasteiger partial charge >= 0.3 is 0 Å². The lowest BCUT2D eigenvalue weighted by Crippen LogP contribution is -2.59. The van der Waals surface area contributed by atoms with Crippen molar-refractivity contribution in [2.75, 3.05) is 0 Å². The van der Waals surface area contributed by atoms with E-state index >= 15 is 0 Å². The molecule has 1 aliphatic rings. The Morgan fingerprint density at radius 2 is 1.20 bits per heavy atom. The summed E-state index contributed by atoms with van der Waals surface area (Å²) in [6.07, 6.45) is 0. The maximum absolute atomic E-state index is 7.15. The molecule has 0 unspecified atom stereocenters. The molecule has 0 aliphatic carbocycles. The van der Waals surface area contributed by atoms with E-state index in [2.05, 4.69) is 105 Å². The van der Waals surface area contributed by atoms with Crippen LogP contribution in [0.1, 0.15) is 19.4 Å². The van der Waals surface area contributed by atoms with E-state index in [1.807, 2.05) is 0 Å². The topological polar surface area (TPSA) is 9.23 Å². The molecule has 25 heavy (non-hydrogen) atoms. The maximum atomic E-state index is 7.15. The van der Waals surface area contributed by atoms with E-state index in [1.54, 1.807) is 0 Å². The van der Waals surface area contributed by atoms with Crippen molar-refractivity contribution in [2.24, 2.45) is 5.92 Å². The minimum atomic E-state index is -2.27. The van der Waals surface area contributed by atoms with Gasteiger partial charge in [0.1, 0.15) is 0 Å². The first-order valence-corrected chi connectivity index (χ1v) is 11.1. The van der Waals surface area contributed by atoms with Crippen molar-refractivity contribution in [3.8, 4) is 0 Å². The number of benzene rings is 3. The average molecular weight is 345 g/mol. The van der Waals surface area contributed by atoms with Gasteiger partial charge in [0.25, 0.3) is 8.32 Å². The third-order valence-electron chi connectivity index (χ3n) is 5.75. The summed E-state index contributed by atoms with van der Waals surface area (Å²) in [6.45, 7) is 4.61. The van der Waals surface area contributed by atoms with Gasteiger partial charge in [-0.25, -0.2) is 0 Å². The molecule has 1 aliphatic heterocycles. The van der Waals surface area contributed by atoms with Crippen LogP contribution < -0.4 is 10.4 Å². The van der Waals surface area contributed by atoms with Gasteiger partial charge in [-0.1, -0.05) is 97.9 Å². The Labute approximate surface area is 151 Å². The molecule has 1 fully saturated rings. The zero-order valence-corrected chi connectivity index (χ0v) is 15.9. The molecule has 126 valence electrons. The van der Waals surface area contributed by atoms with Crippen molar-refractivity contribution in [1.82, 2.24) is 0 Å². The normalized spacial score (nSPS) is 25.0. The van der Waals surface area contributed by atoms with E-state index < -0.39 is 8.32 Å². The van der Waals surface area contributed by atoms with Crippen molar-refractivity contribution in [2.45, 2.75) is 25.5 Å². The van der Waals surface area contributed by atoms with Crippen LogP contribution in [-0.4, -0.2) is 8.32 Å². The first-order chi connectivity index (χ1) is 12.2. The molecule has 0 amide bonds. The Morgan fingerprint density at radius 1 is 0.760 bits per heavy atom. The average Bonchev–Trinajstić information content (AvgIpc) is 2.97. The maximum Gasteiger partial charge on any atom is 0.257 e. The number of rotatable bonds is 3. The second-order valence-electron chi connectivity index (χ2n) is 7.24. The van der Waals surface area contributed by atoms with Gasteiger partial charge in [0, 0.05) is 0 Å². The van der Waals surface area contributed by atoms with Crippen molar-refractivity contribution in [1.29, 1.82) is 0 Å². The highest BCUT2D eigenvalue weighted by atomic mass is 28.4. The Balaban J connectivity index is 1.87. The van der Waals surface area contributed by atoms with E-state index in [1.165, 1.54) is 15.9 Å². The molecule has 0 bridgehead atoms. The summed E-state index contributed by atoms with van der Waals surface area (Å²) < 4.78 is 7.15. The molecule has 1 nitrogen and oxygen atoms in total. The predicted octanol–water partition coefficient (Wildman–Crippen LogP) is 4.33. The first kappa shape index (κ1) is 16.3. The fourth-order valence-electron chi connectivity index (χ4n) is 4.18. The molecule has 4 rings (SSSR count). The van der Waals surface area contributed by atoms with Crippen LogP contribution in [0.25, 0.3) is 0 Å². The standard InChI is InChI=1S/C23H24OSi/c1-19-18-25(21-14-8-4-9-15-21,22-16-10-5-11-17-22)24-23(19,2)20-12-6-3-7-13-20/h3-17,19H,18H2,1-2H3/t19-,23+/m1/s1. The highest BCUT2D eigenvalue weighted by molar-refractivity contribution is 6.98. The Bertz CT molecular complexity index is 792. The molecule has 0 aromatic heterocycles. The van der Waals surface area contributed by atoms with Crippen LogP contribution in [0, 0.1) is 5.92 Å². The summed E-state index contributed by atoms with van der Waals surface area (Å²) in [4.78, 5) is 0. The van der Waals surface area contributed by atoms with Crippen LogP contribution in [0.4, 0.5) is 0 Å². The fraction of sp³-hybridized carbons (Fsp3) is 0.217. The summed E-state index contributed by atoms with van der Waals surface area (Å²) in [5.74, 6) is 0.460. The van der Waals surface area contributed by atoms with E-state index in [-0.39, 0.29) is 5.60 Å². The second kappa shape index (κ2) is 6.29. The quantitative estimate of drug-likeness (QED) is 0.643. The molecule has 0 N–H and O–H groups in total. The first-order valence-electron chi connectivity index (χ1n) is 9.02. The van der Waals surface area contributed by atoms with Crippen molar-refractivity contribution < 1.29 is 4.43 Å². The Morgan fingerprint density at radius 3 is 1.68 bits per heavy atom. The van der Waals surface area contributed by atoms with Crippen molar-refractivity contribution in [3.63, 3.8) is 0 Å². The summed E-state index contributed by atoms with van der Waals surface area (Å²) >= 11 is 0. The third-order valence-corrected chi connectivity index (χ3v) is 10.2. The molecule has 2 heteroatoms. The van der Waals surface area contributed by atoms with E-state index in [0.29, 0.717) is 5.92 Å². The molecule has 3 aromatic carbocycles. The molecule has 0 saturated carbocycles. The minimum absolute atomic E-state index is 0.251. The van der Waals surface area contributed by atoms with E-state index in [0.717, 1.165) is 6.04 Å². The monoisotopic (exact) mass is 344 g/mol. The molecule has 1 heterocycles. The van der Waals surface area contributed by atoms with Gasteiger partial charge in [-0.2, -0.15) is 0 Å². The van der Waals surface area contributed by atoms with Crippen LogP contribution in [0.5, 0.6) is 0 Å². The Kier molecular flexibility index (Phi) is 4.10. The van der Waals surface area contributed by atoms with E-state index in [9.17, 15) is 0 Å². The number of hydrogen-bond donors (Lipinski definition) is 0. The lowest BCUT2D eigenvalue weighted by Gasteiger charge is -2.34. The van der Waals surface area contributed by atoms with Gasteiger partial charge in [0.2, 0.25) is 0 Å². The van der Waals surface area contributed by atoms with Gasteiger partial charge < -0.3 is 4.43 Å². The SMILES string of the molecule is C[C@@H]1C[Si](c2ccccc2)(c2ccccc2)O[C@]1(C)c1ccccc1. The Hall–Kier alpha value is -2.16. The lowest BCUT2D eigenvalue weighted by atomic mass is 9.85. The van der Waals surface area contributed by atoms with Crippen LogP contribution in [-0.2, 0) is 10.0 Å². The van der Waals surface area contributed by atoms with Crippen molar-refractivity contribution >= 4 is 18.7 Å². The zero-order chi connectivity index (χ0) is 17.3. The molecule has 3 aromatic rings. The van der Waals surface area contributed by atoms with Gasteiger partial charge in [0.05, 0.1) is 5.60 Å². The molecular formula is C23H24OSi. The van der Waals surface area contributed by atoms with Gasteiger partial charge in [-0.05, 0) is 34.8 Å². The zero-order valence-electron chi connectivity index (χ0n) is 14.9. The van der Waals surface area contributed by atoms with Crippen molar-refractivity contribution in [3.05, 3.63) is 96.6 Å². The van der Waals surface area contributed by atoms with Crippen LogP contribution in [0.3, 0.4) is 0 Å². The summed E-state index contributed by atoms with van der Waals surface area (Å²) in [5.41, 5.74) is 1.03. The molecular weight excluding hydrogens is 320 g/mol. The summed E-state index contributed by atoms with van der Waals surface area (Å²) in [6, 6.07) is 33.6. The molecule has 1 saturated heterocycles. The van der Waals surface area contributed by atoms with Gasteiger partial charge in [-0.15, -0.1) is 0 Å². The highest BCUT2D eigenvalue weighted by Gasteiger charge is 2.55. The number of hydrogen-bond acceptors (Lipinski definition) is 1. The highest BCUT2D eigenvalue weighted by Crippen LogP contribution is 2.46. The summed E-state index contributed by atoms with van der Waals surface area (Å²) in [7, 11) is -2.27. The molecule has 0 radical (unpaired) electrons. The van der Waals surface area contributed by atoms with Crippen LogP contribution >= 0.6 is 0 Å². The molecule has 0 spiro atoms. The fourth-order valence-corrected chi connectivity index (χ4v) is 9.06. The minimum Gasteiger partial charge on any atom is -0.398 e. The lowest BCUT2D eigenvalue weighted by molar-refractivity contribution is 0.0678. The third kappa shape index (κ3) is 2.66. The largest absolute Gasteiger partial charge is 0.398 e. The van der Waals surface area contributed by atoms with Crippen LogP contribution in [0.2, 0.25) is 6.04 Å². The van der Waals surface area contributed by atoms with Gasteiger partial charge in [-0.3, -0.25) is 0 Å². The predicted molar refractivity (Wildman–Crippen MR) is 107 cm³/mol.